The Bertz CT molecular complexity index is 248. The van der Waals surface area contributed by atoms with Crippen LogP contribution in [0.1, 0.15) is 19.8 Å². The molecule has 0 aliphatic heterocycles. The van der Waals surface area contributed by atoms with Gasteiger partial charge in [-0.1, -0.05) is 6.92 Å². The predicted molar refractivity (Wildman–Crippen MR) is 61.2 cm³/mol. The fourth-order valence-electron chi connectivity index (χ4n) is 1.04. The van der Waals surface area contributed by atoms with Crippen LogP contribution in [0.15, 0.2) is 4.99 Å². The zero-order chi connectivity index (χ0) is 14.2. The van der Waals surface area contributed by atoms with Crippen molar-refractivity contribution in [3.05, 3.63) is 0 Å². The van der Waals surface area contributed by atoms with Gasteiger partial charge in [0.25, 0.3) is 0 Å². The Morgan fingerprint density at radius 1 is 1.17 bits per heavy atom. The van der Waals surface area contributed by atoms with Crippen LogP contribution in [0.4, 0.5) is 26.3 Å². The van der Waals surface area contributed by atoms with Crippen molar-refractivity contribution in [3.8, 4) is 0 Å². The van der Waals surface area contributed by atoms with Crippen molar-refractivity contribution in [2.24, 2.45) is 10.9 Å². The minimum absolute atomic E-state index is 0.0535. The fourth-order valence-corrected chi connectivity index (χ4v) is 1.80. The summed E-state index contributed by atoms with van der Waals surface area (Å²) in [6.07, 6.45) is -8.16. The summed E-state index contributed by atoms with van der Waals surface area (Å²) in [4.78, 5) is 3.60. The fraction of sp³-hybridized carbons (Fsp3) is 0.900. The van der Waals surface area contributed by atoms with Crippen LogP contribution in [-0.4, -0.2) is 36.6 Å². The molecule has 0 aromatic carbocycles. The molecule has 0 heterocycles. The van der Waals surface area contributed by atoms with E-state index in [1.54, 1.807) is 0 Å². The van der Waals surface area contributed by atoms with Crippen LogP contribution in [0.3, 0.4) is 0 Å². The van der Waals surface area contributed by atoms with Gasteiger partial charge in [-0.15, -0.1) is 0 Å². The number of hydrogen-bond donors (Lipinski definition) is 0. The van der Waals surface area contributed by atoms with E-state index in [4.69, 9.17) is 0 Å². The number of thioether (sulfide) groups is 1. The van der Waals surface area contributed by atoms with Crippen LogP contribution in [0.5, 0.6) is 0 Å². The lowest BCUT2D eigenvalue weighted by molar-refractivity contribution is -0.172. The lowest BCUT2D eigenvalue weighted by Gasteiger charge is -2.15. The molecule has 0 spiro atoms. The minimum Gasteiger partial charge on any atom is -0.296 e. The molecule has 18 heavy (non-hydrogen) atoms. The Morgan fingerprint density at radius 2 is 1.78 bits per heavy atom. The van der Waals surface area contributed by atoms with Gasteiger partial charge in [0.05, 0.1) is 18.9 Å². The van der Waals surface area contributed by atoms with Gasteiger partial charge in [0.15, 0.2) is 0 Å². The van der Waals surface area contributed by atoms with Crippen molar-refractivity contribution in [1.82, 2.24) is 0 Å². The molecule has 0 aromatic heterocycles. The van der Waals surface area contributed by atoms with Gasteiger partial charge in [-0.3, -0.25) is 4.99 Å². The molecule has 0 saturated heterocycles. The highest BCUT2D eigenvalue weighted by Gasteiger charge is 2.37. The molecule has 0 radical (unpaired) electrons. The normalized spacial score (nSPS) is 15.3. The maximum atomic E-state index is 12.3. The van der Waals surface area contributed by atoms with Gasteiger partial charge >= 0.3 is 12.4 Å². The molecule has 8 heteroatoms. The third-order valence-electron chi connectivity index (χ3n) is 2.13. The molecule has 1 nitrogen and oxygen atoms in total. The van der Waals surface area contributed by atoms with E-state index in [2.05, 4.69) is 4.99 Å². The molecule has 0 amide bonds. The molecule has 0 aromatic rings. The van der Waals surface area contributed by atoms with E-state index in [9.17, 15) is 26.3 Å². The second kappa shape index (κ2) is 7.91. The van der Waals surface area contributed by atoms with Crippen LogP contribution in [0, 0.1) is 5.92 Å². The Kier molecular flexibility index (Phi) is 7.73. The molecule has 0 rings (SSSR count). The number of nitrogens with zero attached hydrogens (tertiary/aromatic N) is 1. The van der Waals surface area contributed by atoms with Gasteiger partial charge in [0.2, 0.25) is 0 Å². The second-order valence-electron chi connectivity index (χ2n) is 3.63. The van der Waals surface area contributed by atoms with Crippen LogP contribution in [-0.2, 0) is 0 Å². The number of hydrogen-bond acceptors (Lipinski definition) is 2. The summed E-state index contributed by atoms with van der Waals surface area (Å²) >= 11 is 0.996. The van der Waals surface area contributed by atoms with Crippen molar-refractivity contribution in [2.45, 2.75) is 32.1 Å². The van der Waals surface area contributed by atoms with E-state index in [-0.39, 0.29) is 24.5 Å². The largest absolute Gasteiger partial charge is 0.393 e. The third-order valence-corrected chi connectivity index (χ3v) is 3.01. The first-order valence-corrected chi connectivity index (χ1v) is 6.51. The highest BCUT2D eigenvalue weighted by atomic mass is 32.2. The van der Waals surface area contributed by atoms with Crippen LogP contribution >= 0.6 is 11.8 Å². The highest BCUT2D eigenvalue weighted by molar-refractivity contribution is 7.99. The van der Waals surface area contributed by atoms with E-state index in [0.717, 1.165) is 11.8 Å². The standard InChI is InChI=1S/C10H15F6NS/c1-2-8(10(14,15)16)7-17-4-6-18-5-3-9(11,12)13/h4,8H,2-3,5-7H2,1H3/t8-/m1/s1. The summed E-state index contributed by atoms with van der Waals surface area (Å²) in [6.45, 7) is 1.06. The van der Waals surface area contributed by atoms with Crippen LogP contribution in [0.25, 0.3) is 0 Å². The Hall–Kier alpha value is -0.400. The maximum absolute atomic E-state index is 12.3. The Morgan fingerprint density at radius 3 is 2.22 bits per heavy atom. The third kappa shape index (κ3) is 9.61. The quantitative estimate of drug-likeness (QED) is 0.387. The number of alkyl halides is 6. The second-order valence-corrected chi connectivity index (χ2v) is 4.78. The molecule has 0 N–H and O–H groups in total. The zero-order valence-corrected chi connectivity index (χ0v) is 10.6. The SMILES string of the molecule is CC[C@H](CN=CCSCCC(F)(F)F)C(F)(F)F. The lowest BCUT2D eigenvalue weighted by Crippen LogP contribution is -2.24. The maximum Gasteiger partial charge on any atom is 0.393 e. The first-order valence-electron chi connectivity index (χ1n) is 5.36. The Balaban J connectivity index is 3.72. The summed E-state index contributed by atoms with van der Waals surface area (Å²) in [7, 11) is 0. The number of halogens is 6. The first kappa shape index (κ1) is 17.6. The zero-order valence-electron chi connectivity index (χ0n) is 9.81. The summed E-state index contributed by atoms with van der Waals surface area (Å²) in [5.74, 6) is -1.38. The van der Waals surface area contributed by atoms with Crippen molar-refractivity contribution >= 4 is 18.0 Å². The van der Waals surface area contributed by atoms with Gasteiger partial charge in [-0.25, -0.2) is 0 Å². The Labute approximate surface area is 106 Å². The molecular formula is C10H15F6NS. The molecule has 0 aliphatic carbocycles. The molecule has 0 saturated carbocycles. The average molecular weight is 295 g/mol. The van der Waals surface area contributed by atoms with Gasteiger partial charge in [0.1, 0.15) is 0 Å². The van der Waals surface area contributed by atoms with Crippen molar-refractivity contribution in [1.29, 1.82) is 0 Å². The summed E-state index contributed by atoms with van der Waals surface area (Å²) in [5, 5.41) is 0. The molecular weight excluding hydrogens is 280 g/mol. The molecule has 0 bridgehead atoms. The predicted octanol–water partition coefficient (Wildman–Crippen LogP) is 4.33. The van der Waals surface area contributed by atoms with Crippen molar-refractivity contribution in [2.75, 3.05) is 18.1 Å². The van der Waals surface area contributed by atoms with Crippen LogP contribution in [0.2, 0.25) is 0 Å². The van der Waals surface area contributed by atoms with E-state index in [1.807, 2.05) is 0 Å². The number of aliphatic imine (C=N–C) groups is 1. The summed E-state index contributed by atoms with van der Waals surface area (Å²) in [6, 6.07) is 0. The van der Waals surface area contributed by atoms with Gasteiger partial charge in [-0.2, -0.15) is 38.1 Å². The summed E-state index contributed by atoms with van der Waals surface area (Å²) in [5.41, 5.74) is 0. The molecule has 108 valence electrons. The van der Waals surface area contributed by atoms with Gasteiger partial charge in [-0.05, 0) is 6.42 Å². The van der Waals surface area contributed by atoms with E-state index in [1.165, 1.54) is 13.1 Å². The molecule has 0 fully saturated rings. The van der Waals surface area contributed by atoms with Gasteiger partial charge < -0.3 is 0 Å². The van der Waals surface area contributed by atoms with E-state index in [0.29, 0.717) is 0 Å². The smallest absolute Gasteiger partial charge is 0.296 e. The first-order chi connectivity index (χ1) is 8.17. The van der Waals surface area contributed by atoms with E-state index >= 15 is 0 Å². The highest BCUT2D eigenvalue weighted by Crippen LogP contribution is 2.28. The van der Waals surface area contributed by atoms with E-state index < -0.39 is 24.7 Å². The van der Waals surface area contributed by atoms with Crippen LogP contribution < -0.4 is 0 Å². The molecule has 0 aliphatic rings. The minimum atomic E-state index is -4.27. The topological polar surface area (TPSA) is 12.4 Å². The van der Waals surface area contributed by atoms with Crippen molar-refractivity contribution in [3.63, 3.8) is 0 Å². The number of rotatable bonds is 7. The monoisotopic (exact) mass is 295 g/mol. The lowest BCUT2D eigenvalue weighted by atomic mass is 10.1. The summed E-state index contributed by atoms with van der Waals surface area (Å²) < 4.78 is 72.1. The van der Waals surface area contributed by atoms with Crippen molar-refractivity contribution < 1.29 is 26.3 Å². The molecule has 1 atom stereocenters. The molecule has 0 unspecified atom stereocenters. The van der Waals surface area contributed by atoms with Gasteiger partial charge in [0, 0.05) is 17.7 Å². The average Bonchev–Trinajstić information content (AvgIpc) is 2.18.